The highest BCUT2D eigenvalue weighted by Crippen LogP contribution is 2.41. The topological polar surface area (TPSA) is 230 Å². The van der Waals surface area contributed by atoms with Gasteiger partial charge < -0.3 is 24.4 Å². The maximum absolute atomic E-state index is 13.8. The Morgan fingerprint density at radius 3 is 2.27 bits per heavy atom. The molecule has 0 aromatic carbocycles. The Labute approximate surface area is 305 Å². The van der Waals surface area contributed by atoms with Crippen molar-refractivity contribution in [1.29, 1.82) is 0 Å². The van der Waals surface area contributed by atoms with E-state index in [0.29, 0.717) is 5.57 Å². The van der Waals surface area contributed by atoms with Gasteiger partial charge in [0.05, 0.1) is 0 Å². The van der Waals surface area contributed by atoms with E-state index < -0.39 is 69.7 Å². The lowest BCUT2D eigenvalue weighted by molar-refractivity contribution is -0.179. The molecule has 1 saturated heterocycles. The molecule has 0 saturated carbocycles. The van der Waals surface area contributed by atoms with Gasteiger partial charge in [0.2, 0.25) is 10.7 Å². The highest BCUT2D eigenvalue weighted by Gasteiger charge is 2.54. The van der Waals surface area contributed by atoms with Gasteiger partial charge in [0.1, 0.15) is 46.1 Å². The second-order valence-electron chi connectivity index (χ2n) is 13.5. The summed E-state index contributed by atoms with van der Waals surface area (Å²) in [7, 11) is 0. The number of fused-ring (bicyclic) bond motifs is 1. The number of carbonyl (C=O) groups excluding carboxylic acids is 6. The predicted molar refractivity (Wildman–Crippen MR) is 187 cm³/mol. The second kappa shape index (κ2) is 15.3. The maximum Gasteiger partial charge on any atom is 0.413 e. The number of β-lactam (4-membered cyclic amide) rings is 1. The largest absolute Gasteiger partial charge is 0.461 e. The van der Waals surface area contributed by atoms with Crippen LogP contribution in [0.15, 0.2) is 27.3 Å². The molecule has 4 rings (SSSR count). The van der Waals surface area contributed by atoms with Crippen LogP contribution in [0, 0.1) is 0 Å². The summed E-state index contributed by atoms with van der Waals surface area (Å²) >= 11 is 3.26. The molecule has 18 nitrogen and oxygen atoms in total. The van der Waals surface area contributed by atoms with E-state index in [-0.39, 0.29) is 34.0 Å². The summed E-state index contributed by atoms with van der Waals surface area (Å²) in [6.45, 7) is 13.9. The molecule has 2 aliphatic heterocycles. The van der Waals surface area contributed by atoms with Crippen LogP contribution in [0.25, 0.3) is 0 Å². The molecule has 0 bridgehead atoms. The number of nitrogens with zero attached hydrogens (tertiary/aromatic N) is 5. The molecule has 0 unspecified atom stereocenters. The molecule has 21 heteroatoms. The summed E-state index contributed by atoms with van der Waals surface area (Å²) in [5.74, 6) is -3.37. The molecule has 2 aliphatic rings. The number of thiazole rings is 1. The minimum atomic E-state index is -1.66. The van der Waals surface area contributed by atoms with E-state index in [4.69, 9.17) is 19.0 Å². The number of aromatic nitrogens is 3. The van der Waals surface area contributed by atoms with Gasteiger partial charge in [-0.2, -0.15) is 0 Å². The van der Waals surface area contributed by atoms with E-state index in [2.05, 4.69) is 36.3 Å². The minimum absolute atomic E-state index is 0.0422. The number of anilines is 2. The van der Waals surface area contributed by atoms with Crippen LogP contribution in [0.5, 0.6) is 0 Å². The van der Waals surface area contributed by atoms with E-state index in [0.717, 1.165) is 22.7 Å². The summed E-state index contributed by atoms with van der Waals surface area (Å²) < 4.78 is 15.8. The summed E-state index contributed by atoms with van der Waals surface area (Å²) in [6.07, 6.45) is -0.782. The van der Waals surface area contributed by atoms with Gasteiger partial charge in [-0.3, -0.25) is 34.7 Å². The Bertz CT molecular complexity index is 1760. The van der Waals surface area contributed by atoms with Crippen LogP contribution in [0.1, 0.15) is 68.0 Å². The van der Waals surface area contributed by atoms with Crippen LogP contribution in [0.4, 0.5) is 15.1 Å². The summed E-state index contributed by atoms with van der Waals surface area (Å²) in [5, 5.41) is 20.1. The van der Waals surface area contributed by atoms with Gasteiger partial charge in [-0.25, -0.2) is 14.6 Å². The van der Waals surface area contributed by atoms with Gasteiger partial charge >= 0.3 is 18.0 Å². The number of hydrogen-bond acceptors (Lipinski definition) is 17. The average Bonchev–Trinajstić information content (AvgIpc) is 3.68. The van der Waals surface area contributed by atoms with Crippen LogP contribution in [-0.2, 0) is 43.0 Å². The first-order valence-corrected chi connectivity index (χ1v) is 18.1. The van der Waals surface area contributed by atoms with Crippen molar-refractivity contribution in [2.24, 2.45) is 5.16 Å². The van der Waals surface area contributed by atoms with Crippen molar-refractivity contribution in [1.82, 2.24) is 25.4 Å². The number of ether oxygens (including phenoxy) is 3. The lowest BCUT2D eigenvalue weighted by atomic mass is 10.0. The third-order valence-corrected chi connectivity index (χ3v) is 9.11. The number of nitrogens with one attached hydrogen (secondary N) is 3. The Morgan fingerprint density at radius 2 is 1.67 bits per heavy atom. The number of rotatable bonds is 11. The van der Waals surface area contributed by atoms with Crippen LogP contribution in [0.3, 0.4) is 0 Å². The molecule has 4 amide bonds. The molecular weight excluding hydrogens is 729 g/mol. The smallest absolute Gasteiger partial charge is 0.413 e. The Balaban J connectivity index is 1.60. The minimum Gasteiger partial charge on any atom is -0.461 e. The molecule has 51 heavy (non-hydrogen) atoms. The number of thioether (sulfide) groups is 1. The number of esters is 2. The quantitative estimate of drug-likeness (QED) is 0.0982. The number of carbonyl (C=O) groups is 6. The molecule has 1 fully saturated rings. The standard InChI is InChI=1S/C30H38N8O10S3/c1-14(39)45-10-15-11-49-23-18(22(42)38(23)19(15)21(41)34-26-36-31-13-51-26)33-20(40)17(37-48-30(8,9)24(43)46-28(2,3)4)16-12-50-25(32-16)35-27(44)47-29(5,6)7/h12-13,18,23H,10-11H2,1-9H3,(H,33,40)(H,32,35,44)(H,34,36,41)/b37-17-/t18-,23-/m1/s1. The van der Waals surface area contributed by atoms with Crippen LogP contribution in [-0.4, -0.2) is 102 Å². The van der Waals surface area contributed by atoms with E-state index in [1.807, 2.05) is 0 Å². The van der Waals surface area contributed by atoms with Gasteiger partial charge in [0.15, 0.2) is 10.8 Å². The lowest BCUT2D eigenvalue weighted by Gasteiger charge is -2.49. The van der Waals surface area contributed by atoms with Gasteiger partial charge in [0, 0.05) is 23.6 Å². The Hall–Kier alpha value is -4.63. The molecule has 2 atom stereocenters. The highest BCUT2D eigenvalue weighted by atomic mass is 32.2. The monoisotopic (exact) mass is 766 g/mol. The zero-order valence-corrected chi connectivity index (χ0v) is 31.7. The number of oxime groups is 1. The molecular formula is C30H38N8O10S3. The van der Waals surface area contributed by atoms with Gasteiger partial charge in [0.25, 0.3) is 17.7 Å². The number of hydrogen-bond donors (Lipinski definition) is 3. The summed E-state index contributed by atoms with van der Waals surface area (Å²) in [5.41, 5.74) is -2.01. The highest BCUT2D eigenvalue weighted by molar-refractivity contribution is 8.00. The van der Waals surface area contributed by atoms with Crippen LogP contribution >= 0.6 is 34.4 Å². The second-order valence-corrected chi connectivity index (χ2v) is 16.3. The summed E-state index contributed by atoms with van der Waals surface area (Å²) in [6, 6.07) is -1.14. The first-order valence-electron chi connectivity index (χ1n) is 15.3. The zero-order chi connectivity index (χ0) is 37.9. The fourth-order valence-corrected chi connectivity index (χ4v) is 6.67. The first-order chi connectivity index (χ1) is 23.6. The first kappa shape index (κ1) is 39.2. The van der Waals surface area contributed by atoms with E-state index in [9.17, 15) is 28.8 Å². The molecule has 276 valence electrons. The van der Waals surface area contributed by atoms with Crippen molar-refractivity contribution >= 4 is 86.2 Å². The summed E-state index contributed by atoms with van der Waals surface area (Å²) in [4.78, 5) is 88.6. The van der Waals surface area contributed by atoms with Gasteiger partial charge in [-0.1, -0.05) is 16.5 Å². The molecule has 4 heterocycles. The zero-order valence-electron chi connectivity index (χ0n) is 29.3. The van der Waals surface area contributed by atoms with Gasteiger partial charge in [-0.05, 0) is 55.4 Å². The van der Waals surface area contributed by atoms with Crippen molar-refractivity contribution in [2.75, 3.05) is 23.0 Å². The molecule has 0 radical (unpaired) electrons. The molecule has 2 aromatic heterocycles. The van der Waals surface area contributed by atoms with Crippen molar-refractivity contribution in [3.05, 3.63) is 27.9 Å². The lowest BCUT2D eigenvalue weighted by Crippen LogP contribution is -2.71. The third kappa shape index (κ3) is 10.2. The Morgan fingerprint density at radius 1 is 0.980 bits per heavy atom. The average molecular weight is 767 g/mol. The normalized spacial score (nSPS) is 17.9. The fourth-order valence-electron chi connectivity index (χ4n) is 4.23. The van der Waals surface area contributed by atoms with Crippen LogP contribution in [0.2, 0.25) is 0 Å². The molecule has 3 N–H and O–H groups in total. The third-order valence-electron chi connectivity index (χ3n) is 6.40. The van der Waals surface area contributed by atoms with E-state index in [1.165, 1.54) is 48.3 Å². The predicted octanol–water partition coefficient (Wildman–Crippen LogP) is 3.04. The maximum atomic E-state index is 13.8. The van der Waals surface area contributed by atoms with Crippen molar-refractivity contribution in [2.45, 2.75) is 90.5 Å². The van der Waals surface area contributed by atoms with E-state index >= 15 is 0 Å². The van der Waals surface area contributed by atoms with Gasteiger partial charge in [-0.15, -0.1) is 33.3 Å². The Kier molecular flexibility index (Phi) is 11.8. The SMILES string of the molecule is CC(=O)OCC1=C(C(=O)Nc2nncs2)N2C(=O)[C@@H](NC(=O)/C(=N\OC(C)(C)C(=O)OC(C)(C)C)c3csc(NC(=O)OC(C)(C)C)n3)[C@H]2SC1. The van der Waals surface area contributed by atoms with Crippen molar-refractivity contribution < 1.29 is 47.8 Å². The molecule has 0 spiro atoms. The van der Waals surface area contributed by atoms with Crippen molar-refractivity contribution in [3.8, 4) is 0 Å². The molecule has 2 aromatic rings. The van der Waals surface area contributed by atoms with E-state index in [1.54, 1.807) is 41.5 Å². The van der Waals surface area contributed by atoms with Crippen molar-refractivity contribution in [3.63, 3.8) is 0 Å². The van der Waals surface area contributed by atoms with Crippen LogP contribution < -0.4 is 16.0 Å². The number of amides is 4. The fraction of sp³-hybridized carbons (Fsp3) is 0.533. The molecule has 0 aliphatic carbocycles.